The highest BCUT2D eigenvalue weighted by Crippen LogP contribution is 2.28. The Balaban J connectivity index is 2.11. The van der Waals surface area contributed by atoms with E-state index in [1.165, 1.54) is 6.42 Å². The van der Waals surface area contributed by atoms with E-state index in [1.54, 1.807) is 4.31 Å². The Bertz CT molecular complexity index is 360. The molecule has 0 bridgehead atoms. The van der Waals surface area contributed by atoms with Gasteiger partial charge in [0.1, 0.15) is 0 Å². The molecule has 1 heterocycles. The van der Waals surface area contributed by atoms with Gasteiger partial charge in [0.25, 0.3) is 0 Å². The van der Waals surface area contributed by atoms with Crippen molar-refractivity contribution >= 4 is 10.0 Å². The largest absolute Gasteiger partial charge is 0.395 e. The van der Waals surface area contributed by atoms with Crippen LogP contribution in [0, 0.1) is 0 Å². The number of aliphatic hydroxyl groups excluding tert-OH is 1. The van der Waals surface area contributed by atoms with E-state index in [2.05, 4.69) is 5.32 Å². The first-order valence-corrected chi connectivity index (χ1v) is 8.99. The lowest BCUT2D eigenvalue weighted by molar-refractivity contribution is 0.197. The van der Waals surface area contributed by atoms with Gasteiger partial charge in [-0.05, 0) is 38.8 Å². The Hall–Kier alpha value is -0.170. The minimum Gasteiger partial charge on any atom is -0.395 e. The van der Waals surface area contributed by atoms with Gasteiger partial charge in [0.05, 0.1) is 11.9 Å². The number of nitrogens with one attached hydrogen (secondary N) is 1. The van der Waals surface area contributed by atoms with Crippen molar-refractivity contribution in [3.05, 3.63) is 0 Å². The van der Waals surface area contributed by atoms with Crippen LogP contribution in [-0.2, 0) is 10.0 Å². The molecule has 2 N–H and O–H groups in total. The lowest BCUT2D eigenvalue weighted by Crippen LogP contribution is -2.49. The fraction of sp³-hybridized carbons (Fsp3) is 1.00. The summed E-state index contributed by atoms with van der Waals surface area (Å²) in [6.45, 7) is 1.74. The minimum atomic E-state index is -3.25. The maximum absolute atomic E-state index is 12.8. The third-order valence-corrected chi connectivity index (χ3v) is 6.78. The molecule has 0 radical (unpaired) electrons. The van der Waals surface area contributed by atoms with Crippen LogP contribution in [0.25, 0.3) is 0 Å². The number of sulfonamides is 1. The molecule has 2 aliphatic rings. The molecule has 2 rings (SSSR count). The zero-order chi connectivity index (χ0) is 13.7. The number of rotatable bonds is 5. The summed E-state index contributed by atoms with van der Waals surface area (Å²) in [5, 5.41) is 12.2. The van der Waals surface area contributed by atoms with Gasteiger partial charge in [-0.15, -0.1) is 0 Å². The molecule has 1 saturated heterocycles. The number of hydrogen-bond acceptors (Lipinski definition) is 4. The molecule has 0 atom stereocenters. The van der Waals surface area contributed by atoms with Crippen LogP contribution in [0.2, 0.25) is 0 Å². The molecule has 0 amide bonds. The summed E-state index contributed by atoms with van der Waals surface area (Å²) in [6.07, 6.45) is 6.70. The first kappa shape index (κ1) is 15.2. The molecule has 112 valence electrons. The van der Waals surface area contributed by atoms with Crippen molar-refractivity contribution in [3.63, 3.8) is 0 Å². The second-order valence-corrected chi connectivity index (χ2v) is 7.79. The predicted octanol–water partition coefficient (Wildman–Crippen LogP) is 0.695. The summed E-state index contributed by atoms with van der Waals surface area (Å²) in [7, 11) is -3.25. The van der Waals surface area contributed by atoms with Crippen molar-refractivity contribution in [1.82, 2.24) is 9.62 Å². The van der Waals surface area contributed by atoms with Crippen molar-refractivity contribution in [2.45, 2.75) is 56.2 Å². The highest BCUT2D eigenvalue weighted by atomic mass is 32.2. The van der Waals surface area contributed by atoms with Crippen LogP contribution in [0.15, 0.2) is 0 Å². The molecule has 6 heteroatoms. The predicted molar refractivity (Wildman–Crippen MR) is 75.5 cm³/mol. The quantitative estimate of drug-likeness (QED) is 0.782. The zero-order valence-electron chi connectivity index (χ0n) is 11.6. The van der Waals surface area contributed by atoms with Gasteiger partial charge in [-0.3, -0.25) is 0 Å². The van der Waals surface area contributed by atoms with Crippen LogP contribution < -0.4 is 5.32 Å². The van der Waals surface area contributed by atoms with E-state index >= 15 is 0 Å². The number of piperidine rings is 1. The second-order valence-electron chi connectivity index (χ2n) is 5.62. The molecule has 0 unspecified atom stereocenters. The lowest BCUT2D eigenvalue weighted by atomic mass is 9.95. The van der Waals surface area contributed by atoms with Gasteiger partial charge in [0, 0.05) is 12.6 Å². The Labute approximate surface area is 116 Å². The monoisotopic (exact) mass is 290 g/mol. The molecule has 1 aliphatic carbocycles. The molecule has 1 saturated carbocycles. The van der Waals surface area contributed by atoms with Crippen molar-refractivity contribution in [2.24, 2.45) is 0 Å². The van der Waals surface area contributed by atoms with Gasteiger partial charge in [0.15, 0.2) is 0 Å². The molecular weight excluding hydrogens is 264 g/mol. The summed E-state index contributed by atoms with van der Waals surface area (Å²) < 4.78 is 27.1. The SMILES string of the molecule is O=S(=O)(C1CCNCC1)N(CCO)C1CCCCC1. The number of aliphatic hydroxyl groups is 1. The maximum atomic E-state index is 12.8. The summed E-state index contributed by atoms with van der Waals surface area (Å²) >= 11 is 0. The van der Waals surface area contributed by atoms with E-state index in [9.17, 15) is 13.5 Å². The average Bonchev–Trinajstić information content (AvgIpc) is 2.46. The molecule has 1 aliphatic heterocycles. The normalized spacial score (nSPS) is 23.9. The van der Waals surface area contributed by atoms with Crippen LogP contribution >= 0.6 is 0 Å². The van der Waals surface area contributed by atoms with Crippen molar-refractivity contribution < 1.29 is 13.5 Å². The molecule has 0 aromatic carbocycles. The Morgan fingerprint density at radius 3 is 2.26 bits per heavy atom. The molecule has 0 aromatic heterocycles. The first-order chi connectivity index (χ1) is 9.16. The van der Waals surface area contributed by atoms with Crippen LogP contribution in [-0.4, -0.2) is 55.4 Å². The van der Waals surface area contributed by atoms with E-state index < -0.39 is 10.0 Å². The molecule has 0 spiro atoms. The van der Waals surface area contributed by atoms with E-state index in [-0.39, 0.29) is 24.4 Å². The molecule has 0 aromatic rings. The molecule has 2 fully saturated rings. The summed E-state index contributed by atoms with van der Waals surface area (Å²) in [5.74, 6) is 0. The Morgan fingerprint density at radius 1 is 1.05 bits per heavy atom. The number of hydrogen-bond donors (Lipinski definition) is 2. The standard InChI is InChI=1S/C13H26N2O3S/c16-11-10-15(12-4-2-1-3-5-12)19(17,18)13-6-8-14-9-7-13/h12-14,16H,1-11H2. The average molecular weight is 290 g/mol. The van der Waals surface area contributed by atoms with Crippen LogP contribution in [0.1, 0.15) is 44.9 Å². The number of nitrogens with zero attached hydrogens (tertiary/aromatic N) is 1. The van der Waals surface area contributed by atoms with Crippen LogP contribution in [0.5, 0.6) is 0 Å². The fourth-order valence-corrected chi connectivity index (χ4v) is 5.45. The third kappa shape index (κ3) is 3.68. The van der Waals surface area contributed by atoms with Gasteiger partial charge in [0.2, 0.25) is 10.0 Å². The van der Waals surface area contributed by atoms with Crippen molar-refractivity contribution in [3.8, 4) is 0 Å². The summed E-state index contributed by atoms with van der Waals surface area (Å²) in [6, 6.07) is 0.112. The van der Waals surface area contributed by atoms with E-state index in [0.29, 0.717) is 12.8 Å². The van der Waals surface area contributed by atoms with E-state index in [1.807, 2.05) is 0 Å². The third-order valence-electron chi connectivity index (χ3n) is 4.34. The molecular formula is C13H26N2O3S. The van der Waals surface area contributed by atoms with Crippen LogP contribution in [0.3, 0.4) is 0 Å². The molecule has 5 nitrogen and oxygen atoms in total. The van der Waals surface area contributed by atoms with Gasteiger partial charge in [-0.2, -0.15) is 4.31 Å². The van der Waals surface area contributed by atoms with E-state index in [4.69, 9.17) is 0 Å². The highest BCUT2D eigenvalue weighted by molar-refractivity contribution is 7.89. The fourth-order valence-electron chi connectivity index (χ4n) is 3.27. The summed E-state index contributed by atoms with van der Waals surface area (Å²) in [4.78, 5) is 0. The van der Waals surface area contributed by atoms with Crippen molar-refractivity contribution in [1.29, 1.82) is 0 Å². The van der Waals surface area contributed by atoms with Crippen molar-refractivity contribution in [2.75, 3.05) is 26.2 Å². The Morgan fingerprint density at radius 2 is 1.68 bits per heavy atom. The lowest BCUT2D eigenvalue weighted by Gasteiger charge is -2.36. The Kier molecular flexibility index (Phi) is 5.62. The summed E-state index contributed by atoms with van der Waals surface area (Å²) in [5.41, 5.74) is 0. The van der Waals surface area contributed by atoms with Gasteiger partial charge in [-0.1, -0.05) is 19.3 Å². The highest BCUT2D eigenvalue weighted by Gasteiger charge is 2.36. The van der Waals surface area contributed by atoms with Gasteiger partial charge >= 0.3 is 0 Å². The first-order valence-electron chi connectivity index (χ1n) is 7.48. The molecule has 19 heavy (non-hydrogen) atoms. The topological polar surface area (TPSA) is 69.6 Å². The smallest absolute Gasteiger partial charge is 0.217 e. The maximum Gasteiger partial charge on any atom is 0.217 e. The second kappa shape index (κ2) is 7.02. The van der Waals surface area contributed by atoms with Gasteiger partial charge < -0.3 is 10.4 Å². The van der Waals surface area contributed by atoms with E-state index in [0.717, 1.165) is 38.8 Å². The van der Waals surface area contributed by atoms with Gasteiger partial charge in [-0.25, -0.2) is 8.42 Å². The van der Waals surface area contributed by atoms with Crippen LogP contribution in [0.4, 0.5) is 0 Å². The zero-order valence-corrected chi connectivity index (χ0v) is 12.4. The minimum absolute atomic E-state index is 0.0826.